The zero-order valence-corrected chi connectivity index (χ0v) is 18.0. The highest BCUT2D eigenvalue weighted by Gasteiger charge is 2.11. The molecule has 8 heteroatoms. The predicted molar refractivity (Wildman–Crippen MR) is 127 cm³/mol. The van der Waals surface area contributed by atoms with Crippen LogP contribution in [0, 0.1) is 0 Å². The fourth-order valence-corrected chi connectivity index (χ4v) is 3.32. The van der Waals surface area contributed by atoms with E-state index in [1.807, 2.05) is 65.1 Å². The van der Waals surface area contributed by atoms with Gasteiger partial charge in [0.15, 0.2) is 0 Å². The summed E-state index contributed by atoms with van der Waals surface area (Å²) in [4.78, 5) is 27.4. The molecule has 4 rings (SSSR count). The number of amides is 1. The maximum absolute atomic E-state index is 12.7. The van der Waals surface area contributed by atoms with Crippen LogP contribution in [0.15, 0.2) is 91.5 Å². The Morgan fingerprint density at radius 2 is 1.39 bits per heavy atom. The molecule has 0 saturated carbocycles. The summed E-state index contributed by atoms with van der Waals surface area (Å²) in [5.41, 5.74) is 3.46. The third-order valence-electron chi connectivity index (χ3n) is 4.73. The van der Waals surface area contributed by atoms with Crippen molar-refractivity contribution in [3.63, 3.8) is 0 Å². The van der Waals surface area contributed by atoms with Crippen LogP contribution in [0.3, 0.4) is 0 Å². The highest BCUT2D eigenvalue weighted by atomic mass is 31.0. The van der Waals surface area contributed by atoms with Crippen molar-refractivity contribution in [2.45, 2.75) is 0 Å². The van der Waals surface area contributed by atoms with Crippen molar-refractivity contribution < 1.29 is 4.79 Å². The van der Waals surface area contributed by atoms with Gasteiger partial charge in [0.2, 0.25) is 0 Å². The molecule has 0 spiro atoms. The van der Waals surface area contributed by atoms with Gasteiger partial charge in [-0.3, -0.25) is 14.8 Å². The molecule has 7 nitrogen and oxygen atoms in total. The molecule has 0 aliphatic carbocycles. The summed E-state index contributed by atoms with van der Waals surface area (Å²) >= 11 is 0. The fraction of sp³-hybridized carbons (Fsp3) is 0.0435. The molecule has 0 bridgehead atoms. The number of hydrogen-bond donors (Lipinski definition) is 1. The van der Waals surface area contributed by atoms with Crippen LogP contribution in [0.2, 0.25) is 0 Å². The van der Waals surface area contributed by atoms with E-state index in [2.05, 4.69) is 29.7 Å². The van der Waals surface area contributed by atoms with Gasteiger partial charge < -0.3 is 14.9 Å². The molecule has 0 aliphatic rings. The molecule has 1 atom stereocenters. The summed E-state index contributed by atoms with van der Waals surface area (Å²) in [5, 5.41) is 2.87. The minimum absolute atomic E-state index is 0.220. The molecular formula is C23H21N6OP. The molecule has 1 aromatic carbocycles. The van der Waals surface area contributed by atoms with E-state index in [1.165, 1.54) is 0 Å². The Balaban J connectivity index is 1.46. The van der Waals surface area contributed by atoms with Crippen molar-refractivity contribution in [3.05, 3.63) is 97.1 Å². The Morgan fingerprint density at radius 3 is 2.03 bits per heavy atom. The van der Waals surface area contributed by atoms with Gasteiger partial charge in [0, 0.05) is 54.5 Å². The number of carbonyl (C=O) groups excluding carboxylic acids is 1. The number of carbonyl (C=O) groups is 1. The summed E-state index contributed by atoms with van der Waals surface area (Å²) in [5.74, 6) is 0.937. The standard InChI is InChI=1S/C23H21N6OP/c1-28(19-9-13-24-14-10-19)18-7-5-17(6-8-18)23(30)27-21-3-2-4-22(26-21)29(31)20-11-15-25-16-12-20/h2-16H,31H2,1H3,(H,26,27,30). The summed E-state index contributed by atoms with van der Waals surface area (Å²) in [6.07, 6.45) is 6.93. The van der Waals surface area contributed by atoms with Crippen LogP contribution in [0.4, 0.5) is 28.7 Å². The average Bonchev–Trinajstić information content (AvgIpc) is 2.84. The Morgan fingerprint density at radius 1 is 0.806 bits per heavy atom. The maximum Gasteiger partial charge on any atom is 0.256 e. The van der Waals surface area contributed by atoms with E-state index in [-0.39, 0.29) is 5.91 Å². The number of aromatic nitrogens is 3. The Labute approximate surface area is 183 Å². The number of benzene rings is 1. The van der Waals surface area contributed by atoms with E-state index in [4.69, 9.17) is 0 Å². The Hall–Kier alpha value is -3.83. The first-order valence-corrected chi connectivity index (χ1v) is 10.1. The molecule has 0 fully saturated rings. The van der Waals surface area contributed by atoms with Gasteiger partial charge in [-0.1, -0.05) is 6.07 Å². The molecule has 3 heterocycles. The molecule has 0 radical (unpaired) electrons. The van der Waals surface area contributed by atoms with Crippen molar-refractivity contribution >= 4 is 44.0 Å². The zero-order chi connectivity index (χ0) is 21.6. The smallest absolute Gasteiger partial charge is 0.256 e. The van der Waals surface area contributed by atoms with Crippen LogP contribution < -0.4 is 14.9 Å². The molecule has 1 amide bonds. The van der Waals surface area contributed by atoms with Gasteiger partial charge in [0.05, 0.1) is 0 Å². The second-order valence-electron chi connectivity index (χ2n) is 6.72. The first kappa shape index (κ1) is 20.4. The molecule has 1 unspecified atom stereocenters. The first-order chi connectivity index (χ1) is 15.1. The highest BCUT2D eigenvalue weighted by molar-refractivity contribution is 7.19. The van der Waals surface area contributed by atoms with E-state index < -0.39 is 0 Å². The number of nitrogens with zero attached hydrogens (tertiary/aromatic N) is 5. The molecule has 0 aliphatic heterocycles. The number of rotatable bonds is 6. The van der Waals surface area contributed by atoms with E-state index in [9.17, 15) is 4.79 Å². The maximum atomic E-state index is 12.7. The summed E-state index contributed by atoms with van der Waals surface area (Å²) in [6, 6.07) is 20.5. The van der Waals surface area contributed by atoms with Crippen molar-refractivity contribution in [2.75, 3.05) is 21.9 Å². The lowest BCUT2D eigenvalue weighted by atomic mass is 10.1. The average molecular weight is 428 g/mol. The van der Waals surface area contributed by atoms with E-state index >= 15 is 0 Å². The van der Waals surface area contributed by atoms with Gasteiger partial charge in [-0.2, -0.15) is 0 Å². The lowest BCUT2D eigenvalue weighted by Gasteiger charge is -2.19. The first-order valence-electron chi connectivity index (χ1n) is 9.59. The van der Waals surface area contributed by atoms with Crippen LogP contribution in [0.25, 0.3) is 0 Å². The third-order valence-corrected chi connectivity index (χ3v) is 5.29. The number of nitrogens with one attached hydrogen (secondary N) is 1. The predicted octanol–water partition coefficient (Wildman–Crippen LogP) is 4.82. The zero-order valence-electron chi connectivity index (χ0n) is 16.9. The van der Waals surface area contributed by atoms with Gasteiger partial charge in [-0.05, 0) is 70.1 Å². The third kappa shape index (κ3) is 4.85. The second kappa shape index (κ2) is 9.32. The van der Waals surface area contributed by atoms with Crippen LogP contribution in [0.5, 0.6) is 0 Å². The second-order valence-corrected chi connectivity index (χ2v) is 7.24. The van der Waals surface area contributed by atoms with Crippen LogP contribution >= 0.6 is 9.39 Å². The van der Waals surface area contributed by atoms with E-state index in [0.717, 1.165) is 17.1 Å². The van der Waals surface area contributed by atoms with Gasteiger partial charge in [-0.15, -0.1) is 0 Å². The van der Waals surface area contributed by atoms with Crippen molar-refractivity contribution in [1.82, 2.24) is 15.0 Å². The van der Waals surface area contributed by atoms with Gasteiger partial charge in [0.1, 0.15) is 11.6 Å². The van der Waals surface area contributed by atoms with Crippen LogP contribution in [-0.4, -0.2) is 27.9 Å². The van der Waals surface area contributed by atoms with Crippen LogP contribution in [0.1, 0.15) is 10.4 Å². The number of hydrogen-bond acceptors (Lipinski definition) is 6. The molecule has 3 aromatic heterocycles. The molecule has 0 saturated heterocycles. The topological polar surface area (TPSA) is 74.2 Å². The Kier molecular flexibility index (Phi) is 6.15. The molecule has 1 N–H and O–H groups in total. The van der Waals surface area contributed by atoms with Crippen LogP contribution in [-0.2, 0) is 0 Å². The SMILES string of the molecule is CN(c1ccncc1)c1ccc(C(=O)Nc2cccc(N(P)c3ccncc3)n2)cc1. The number of pyridine rings is 3. The largest absolute Gasteiger partial charge is 0.345 e. The van der Waals surface area contributed by atoms with E-state index in [1.54, 1.807) is 43.0 Å². The quantitative estimate of drug-likeness (QED) is 0.444. The summed E-state index contributed by atoms with van der Waals surface area (Å²) in [7, 11) is 4.59. The van der Waals surface area contributed by atoms with Gasteiger partial charge in [0.25, 0.3) is 5.91 Å². The molecule has 154 valence electrons. The lowest BCUT2D eigenvalue weighted by molar-refractivity contribution is 0.102. The normalized spacial score (nSPS) is 10.4. The lowest BCUT2D eigenvalue weighted by Crippen LogP contribution is -2.14. The van der Waals surface area contributed by atoms with Gasteiger partial charge in [-0.25, -0.2) is 4.98 Å². The van der Waals surface area contributed by atoms with Gasteiger partial charge >= 0.3 is 0 Å². The highest BCUT2D eigenvalue weighted by Crippen LogP contribution is 2.28. The summed E-state index contributed by atoms with van der Waals surface area (Å²) in [6.45, 7) is 0. The number of anilines is 5. The molecule has 4 aromatic rings. The fourth-order valence-electron chi connectivity index (χ4n) is 3.01. The summed E-state index contributed by atoms with van der Waals surface area (Å²) < 4.78 is 1.85. The van der Waals surface area contributed by atoms with Crippen molar-refractivity contribution in [1.29, 1.82) is 0 Å². The van der Waals surface area contributed by atoms with E-state index in [0.29, 0.717) is 17.2 Å². The minimum Gasteiger partial charge on any atom is -0.345 e. The molecular weight excluding hydrogens is 407 g/mol. The van der Waals surface area contributed by atoms with Crippen molar-refractivity contribution in [2.24, 2.45) is 0 Å². The van der Waals surface area contributed by atoms with Crippen molar-refractivity contribution in [3.8, 4) is 0 Å². The Bertz CT molecular complexity index is 1160. The minimum atomic E-state index is -0.220. The monoisotopic (exact) mass is 428 g/mol. The molecule has 31 heavy (non-hydrogen) atoms.